The Bertz CT molecular complexity index is 260. The van der Waals surface area contributed by atoms with Crippen LogP contribution in [-0.4, -0.2) is 32.0 Å². The molecule has 0 N–H and O–H groups in total. The number of nitrogens with zero attached hydrogens (tertiary/aromatic N) is 1. The first-order valence-electron chi connectivity index (χ1n) is 7.37. The van der Waals surface area contributed by atoms with E-state index in [-0.39, 0.29) is 20.6 Å². The monoisotopic (exact) mass is 269 g/mol. The Morgan fingerprint density at radius 3 is 1.67 bits per heavy atom. The predicted molar refractivity (Wildman–Crippen MR) is 88.2 cm³/mol. The first-order chi connectivity index (χ1) is 7.96. The first-order valence-corrected chi connectivity index (χ1v) is 9.07. The molecule has 0 fully saturated rings. The molecule has 0 radical (unpaired) electrons. The van der Waals surface area contributed by atoms with Crippen LogP contribution in [0.3, 0.4) is 0 Å². The van der Waals surface area contributed by atoms with E-state index in [1.54, 1.807) is 10.8 Å². The molecule has 0 heterocycles. The van der Waals surface area contributed by atoms with E-state index < -0.39 is 0 Å². The molecule has 0 aliphatic heterocycles. The van der Waals surface area contributed by atoms with Crippen molar-refractivity contribution in [3.05, 3.63) is 10.8 Å². The minimum Gasteiger partial charge on any atom is -0.294 e. The Labute approximate surface area is 118 Å². The molecular weight excluding hydrogens is 234 g/mol. The van der Waals surface area contributed by atoms with Crippen LogP contribution in [-0.2, 0) is 0 Å². The smallest absolute Gasteiger partial charge is 0.0491 e. The summed E-state index contributed by atoms with van der Waals surface area (Å²) in [6.45, 7) is 22.0. The van der Waals surface area contributed by atoms with Crippen LogP contribution in [0.25, 0.3) is 0 Å². The lowest BCUT2D eigenvalue weighted by Crippen LogP contribution is -2.52. The highest BCUT2D eigenvalue weighted by Crippen LogP contribution is 2.25. The van der Waals surface area contributed by atoms with Gasteiger partial charge in [-0.05, 0) is 75.3 Å². The normalized spacial score (nSPS) is 13.7. The van der Waals surface area contributed by atoms with E-state index in [1.165, 1.54) is 19.0 Å². The minimum absolute atomic E-state index is 0.0106. The molecule has 0 saturated carbocycles. The van der Waals surface area contributed by atoms with Gasteiger partial charge in [-0.1, -0.05) is 16.8 Å². The lowest BCUT2D eigenvalue weighted by molar-refractivity contribution is 0.0387. The average Bonchev–Trinajstić information content (AvgIpc) is 2.12. The Balaban J connectivity index is 4.28. The largest absolute Gasteiger partial charge is 0.294 e. The van der Waals surface area contributed by atoms with E-state index >= 15 is 0 Å². The van der Waals surface area contributed by atoms with Crippen molar-refractivity contribution in [1.29, 1.82) is 0 Å². The molecule has 0 saturated heterocycles. The third-order valence-corrected chi connectivity index (χ3v) is 5.97. The lowest BCUT2D eigenvalue weighted by atomic mass is 9.96. The molecule has 108 valence electrons. The van der Waals surface area contributed by atoms with Crippen LogP contribution in [0.5, 0.6) is 0 Å². The number of hydrogen-bond donors (Lipinski definition) is 0. The molecule has 0 rings (SSSR count). The second-order valence-electron chi connectivity index (χ2n) is 7.73. The van der Waals surface area contributed by atoms with E-state index in [1.807, 2.05) is 0 Å². The van der Waals surface area contributed by atoms with Gasteiger partial charge < -0.3 is 0 Å². The van der Waals surface area contributed by atoms with Crippen molar-refractivity contribution < 1.29 is 0 Å². The maximum Gasteiger partial charge on any atom is 0.0491 e. The van der Waals surface area contributed by atoms with Crippen LogP contribution in [0.4, 0.5) is 0 Å². The highest BCUT2D eigenvalue weighted by atomic mass is 28.2. The van der Waals surface area contributed by atoms with Gasteiger partial charge in [0.2, 0.25) is 0 Å². The van der Waals surface area contributed by atoms with Gasteiger partial charge in [0.15, 0.2) is 0 Å². The summed E-state index contributed by atoms with van der Waals surface area (Å²) in [4.78, 5) is 2.65. The molecule has 18 heavy (non-hydrogen) atoms. The summed E-state index contributed by atoms with van der Waals surface area (Å²) in [5.74, 6) is 0. The van der Waals surface area contributed by atoms with Gasteiger partial charge in [-0.3, -0.25) is 4.90 Å². The van der Waals surface area contributed by atoms with Crippen molar-refractivity contribution in [1.82, 2.24) is 4.90 Å². The summed E-state index contributed by atoms with van der Waals surface area (Å²) in [6, 6.07) is 1.44. The van der Waals surface area contributed by atoms with Crippen molar-refractivity contribution in [3.8, 4) is 0 Å². The predicted octanol–water partition coefficient (Wildman–Crippen LogP) is 4.18. The zero-order valence-electron chi connectivity index (χ0n) is 14.3. The molecule has 0 amide bonds. The molecule has 0 atom stereocenters. The fourth-order valence-corrected chi connectivity index (χ4v) is 4.09. The summed E-state index contributed by atoms with van der Waals surface area (Å²) < 4.78 is 0. The number of allylic oxidation sites excluding steroid dienone is 2. The molecule has 0 aliphatic carbocycles. The van der Waals surface area contributed by atoms with Gasteiger partial charge in [0, 0.05) is 20.6 Å². The molecule has 0 spiro atoms. The third kappa shape index (κ3) is 6.74. The van der Waals surface area contributed by atoms with Crippen LogP contribution < -0.4 is 0 Å². The lowest BCUT2D eigenvalue weighted by Gasteiger charge is -2.45. The second kappa shape index (κ2) is 6.90. The van der Waals surface area contributed by atoms with Gasteiger partial charge in [0.25, 0.3) is 0 Å². The second-order valence-corrected chi connectivity index (χ2v) is 10.00. The summed E-state index contributed by atoms with van der Waals surface area (Å²) >= 11 is 0. The summed E-state index contributed by atoms with van der Waals surface area (Å²) in [7, 11) is 0.0106. The maximum absolute atomic E-state index is 2.65. The van der Waals surface area contributed by atoms with E-state index in [4.69, 9.17) is 0 Å². The summed E-state index contributed by atoms with van der Waals surface area (Å²) in [5, 5.41) is 1.70. The molecular formula is C16H35NSi. The first kappa shape index (κ1) is 17.9. The van der Waals surface area contributed by atoms with Crippen molar-refractivity contribution in [2.75, 3.05) is 6.54 Å². The molecule has 0 aromatic carbocycles. The standard InChI is InChI=1S/C16H35NSi/c1-13(2)14(3)18-12-10-11-17(15(4,5)6)16(7,8)9/h10-12,18H2,1-9H3. The Morgan fingerprint density at radius 1 is 0.889 bits per heavy atom. The highest BCUT2D eigenvalue weighted by molar-refractivity contribution is 6.45. The Hall–Kier alpha value is -0.0831. The fraction of sp³-hybridized carbons (Fsp3) is 0.875. The quantitative estimate of drug-likeness (QED) is 0.535. The van der Waals surface area contributed by atoms with Crippen LogP contribution in [0, 0.1) is 0 Å². The Kier molecular flexibility index (Phi) is 6.87. The van der Waals surface area contributed by atoms with Gasteiger partial charge in [-0.15, -0.1) is 0 Å². The number of rotatable bonds is 5. The van der Waals surface area contributed by atoms with Gasteiger partial charge in [-0.25, -0.2) is 0 Å². The molecule has 0 bridgehead atoms. The highest BCUT2D eigenvalue weighted by Gasteiger charge is 2.30. The van der Waals surface area contributed by atoms with E-state index in [9.17, 15) is 0 Å². The summed E-state index contributed by atoms with van der Waals surface area (Å²) in [6.07, 6.45) is 1.35. The van der Waals surface area contributed by atoms with Crippen LogP contribution >= 0.6 is 0 Å². The van der Waals surface area contributed by atoms with Crippen LogP contribution in [0.2, 0.25) is 6.04 Å². The van der Waals surface area contributed by atoms with Crippen molar-refractivity contribution in [3.63, 3.8) is 0 Å². The van der Waals surface area contributed by atoms with Gasteiger partial charge in [-0.2, -0.15) is 0 Å². The average molecular weight is 270 g/mol. The molecule has 0 aromatic heterocycles. The topological polar surface area (TPSA) is 3.24 Å². The molecule has 1 nitrogen and oxygen atoms in total. The molecule has 0 aromatic rings. The van der Waals surface area contributed by atoms with Crippen molar-refractivity contribution in [2.24, 2.45) is 0 Å². The molecule has 0 unspecified atom stereocenters. The molecule has 0 aliphatic rings. The third-order valence-electron chi connectivity index (χ3n) is 3.66. The van der Waals surface area contributed by atoms with Crippen molar-refractivity contribution in [2.45, 2.75) is 85.9 Å². The minimum atomic E-state index is 0.0106. The van der Waals surface area contributed by atoms with Crippen molar-refractivity contribution >= 4 is 9.52 Å². The summed E-state index contributed by atoms with van der Waals surface area (Å²) in [5.41, 5.74) is 2.08. The maximum atomic E-state index is 2.65. The zero-order chi connectivity index (χ0) is 14.6. The van der Waals surface area contributed by atoms with Gasteiger partial charge in [0.1, 0.15) is 0 Å². The SMILES string of the molecule is CC(C)=C(C)[SiH2]CCCN(C(C)(C)C)C(C)(C)C. The van der Waals surface area contributed by atoms with Crippen LogP contribution in [0.15, 0.2) is 10.8 Å². The van der Waals surface area contributed by atoms with Gasteiger partial charge in [0.05, 0.1) is 0 Å². The number of hydrogen-bond acceptors (Lipinski definition) is 1. The van der Waals surface area contributed by atoms with Crippen LogP contribution in [0.1, 0.15) is 68.7 Å². The fourth-order valence-electron chi connectivity index (χ4n) is 2.59. The van der Waals surface area contributed by atoms with E-state index in [2.05, 4.69) is 67.2 Å². The van der Waals surface area contributed by atoms with Gasteiger partial charge >= 0.3 is 0 Å². The molecule has 2 heteroatoms. The zero-order valence-corrected chi connectivity index (χ0v) is 15.7. The van der Waals surface area contributed by atoms with E-state index in [0.717, 1.165) is 0 Å². The van der Waals surface area contributed by atoms with E-state index in [0.29, 0.717) is 0 Å². The Morgan fingerprint density at radius 2 is 1.33 bits per heavy atom.